The van der Waals surface area contributed by atoms with Gasteiger partial charge in [0.15, 0.2) is 0 Å². The van der Waals surface area contributed by atoms with E-state index in [9.17, 15) is 18.0 Å². The van der Waals surface area contributed by atoms with Crippen LogP contribution in [0.1, 0.15) is 64.5 Å². The summed E-state index contributed by atoms with van der Waals surface area (Å²) in [4.78, 5) is 28.3. The molecule has 0 aromatic heterocycles. The molecule has 4 atom stereocenters. The molecule has 2 aliphatic carbocycles. The van der Waals surface area contributed by atoms with E-state index in [1.807, 2.05) is 32.1 Å². The molecule has 2 N–H and O–H groups in total. The molecule has 2 aliphatic heterocycles. The minimum Gasteiger partial charge on any atom is -0.490 e. The number of ether oxygens (including phenoxy) is 3. The monoisotopic (exact) mass is 699 g/mol. The van der Waals surface area contributed by atoms with Crippen LogP contribution in [0.4, 0.5) is 10.5 Å². The Kier molecular flexibility index (Phi) is 9.77. The molecule has 1 spiro atoms. The summed E-state index contributed by atoms with van der Waals surface area (Å²) in [5.41, 5.74) is 1.26. The number of rotatable bonds is 3. The van der Waals surface area contributed by atoms with Crippen LogP contribution in [0.15, 0.2) is 53.4 Å². The number of fused-ring (bicyclic) bond motifs is 4. The van der Waals surface area contributed by atoms with E-state index in [4.69, 9.17) is 25.8 Å². The number of sulfonamides is 1. The second kappa shape index (κ2) is 13.6. The Morgan fingerprint density at radius 2 is 2.00 bits per heavy atom. The number of hydrogen-bond acceptors (Lipinski definition) is 8. The molecule has 48 heavy (non-hydrogen) atoms. The van der Waals surface area contributed by atoms with Crippen molar-refractivity contribution in [3.8, 4) is 5.75 Å². The van der Waals surface area contributed by atoms with Gasteiger partial charge < -0.3 is 24.4 Å². The Hall–Kier alpha value is -3.28. The fraction of sp³-hybridized carbons (Fsp3) is 0.556. The van der Waals surface area contributed by atoms with Crippen LogP contribution < -0.4 is 19.7 Å². The number of benzene rings is 2. The summed E-state index contributed by atoms with van der Waals surface area (Å²) in [5.74, 6) is 0.250. The standard InChI is InChI=1S/C36H46ClN3O7S/c1-23(2)19-38-34(42)47-31-8-6-16-46-35(3,4)33(41)39-48(43,44)27-11-14-32-30(18-27)40(20-25-9-12-28(25)31)21-36(22-45-32)15-5-7-24-17-26(37)10-13-29(24)36/h6,8,10-11,13-14,17-18,23,25,28,31H,5,7,9,12,15-16,19-22H2,1-4H3,(H,38,42)(H,39,41)/b8-6+/t25-,28+,31-,36-/m0/s1. The summed E-state index contributed by atoms with van der Waals surface area (Å²) in [6, 6.07) is 10.9. The first kappa shape index (κ1) is 34.6. The lowest BCUT2D eigenvalue weighted by Crippen LogP contribution is -2.50. The van der Waals surface area contributed by atoms with Crippen LogP contribution in [0.3, 0.4) is 0 Å². The Morgan fingerprint density at radius 1 is 1.19 bits per heavy atom. The third kappa shape index (κ3) is 7.19. The summed E-state index contributed by atoms with van der Waals surface area (Å²) in [5, 5.41) is 3.57. The van der Waals surface area contributed by atoms with Crippen LogP contribution in [0.5, 0.6) is 5.75 Å². The average Bonchev–Trinajstić information content (AvgIpc) is 3.16. The first-order chi connectivity index (χ1) is 22.8. The highest BCUT2D eigenvalue weighted by atomic mass is 35.5. The molecule has 2 aromatic rings. The maximum Gasteiger partial charge on any atom is 0.407 e. The highest BCUT2D eigenvalue weighted by Crippen LogP contribution is 2.47. The number of carbonyl (C=O) groups excluding carboxylic acids is 2. The Balaban J connectivity index is 1.41. The normalized spacial score (nSPS) is 28.5. The van der Waals surface area contributed by atoms with Crippen molar-refractivity contribution in [3.63, 3.8) is 0 Å². The molecule has 10 nitrogen and oxygen atoms in total. The molecular formula is C36H46ClN3O7S. The largest absolute Gasteiger partial charge is 0.490 e. The minimum absolute atomic E-state index is 0.0274. The number of aryl methyl sites for hydroxylation is 1. The van der Waals surface area contributed by atoms with Gasteiger partial charge in [0.2, 0.25) is 0 Å². The Bertz CT molecular complexity index is 1690. The molecule has 0 unspecified atom stereocenters. The number of hydrogen-bond donors (Lipinski definition) is 2. The second-order valence-corrected chi connectivity index (χ2v) is 16.7. The molecule has 6 rings (SSSR count). The zero-order valence-electron chi connectivity index (χ0n) is 28.1. The first-order valence-electron chi connectivity index (χ1n) is 16.9. The molecule has 1 fully saturated rings. The predicted molar refractivity (Wildman–Crippen MR) is 184 cm³/mol. The maximum atomic E-state index is 13.6. The van der Waals surface area contributed by atoms with Crippen LogP contribution in [0.2, 0.25) is 5.02 Å². The van der Waals surface area contributed by atoms with Gasteiger partial charge in [0.1, 0.15) is 17.5 Å². The number of anilines is 1. The van der Waals surface area contributed by atoms with Gasteiger partial charge >= 0.3 is 6.09 Å². The van der Waals surface area contributed by atoms with Gasteiger partial charge in [-0.05, 0) is 105 Å². The van der Waals surface area contributed by atoms with Crippen LogP contribution in [0, 0.1) is 17.8 Å². The second-order valence-electron chi connectivity index (χ2n) is 14.6. The molecule has 260 valence electrons. The highest BCUT2D eigenvalue weighted by molar-refractivity contribution is 7.90. The lowest BCUT2D eigenvalue weighted by Gasteiger charge is -2.46. The maximum absolute atomic E-state index is 13.6. The predicted octanol–water partition coefficient (Wildman–Crippen LogP) is 5.76. The van der Waals surface area contributed by atoms with Gasteiger partial charge in [-0.1, -0.05) is 37.6 Å². The minimum atomic E-state index is -4.23. The molecule has 0 radical (unpaired) electrons. The summed E-state index contributed by atoms with van der Waals surface area (Å²) >= 11 is 6.42. The van der Waals surface area contributed by atoms with Crippen molar-refractivity contribution in [2.45, 2.75) is 81.8 Å². The molecule has 2 aromatic carbocycles. The van der Waals surface area contributed by atoms with Crippen molar-refractivity contribution >= 4 is 39.3 Å². The van der Waals surface area contributed by atoms with E-state index in [-0.39, 0.29) is 34.7 Å². The van der Waals surface area contributed by atoms with Gasteiger partial charge in [-0.2, -0.15) is 0 Å². The number of amides is 2. The van der Waals surface area contributed by atoms with Crippen LogP contribution in [-0.4, -0.2) is 65.0 Å². The van der Waals surface area contributed by atoms with E-state index >= 15 is 0 Å². The van der Waals surface area contributed by atoms with E-state index in [1.54, 1.807) is 18.2 Å². The molecule has 1 saturated carbocycles. The van der Waals surface area contributed by atoms with E-state index < -0.39 is 33.7 Å². The van der Waals surface area contributed by atoms with Crippen LogP contribution in [-0.2, 0) is 36.1 Å². The molecule has 12 heteroatoms. The summed E-state index contributed by atoms with van der Waals surface area (Å²) in [6.45, 7) is 9.25. The van der Waals surface area contributed by atoms with Crippen molar-refractivity contribution in [3.05, 3.63) is 64.7 Å². The summed E-state index contributed by atoms with van der Waals surface area (Å²) in [6.07, 6.45) is 7.20. The van der Waals surface area contributed by atoms with Gasteiger partial charge in [0.05, 0.1) is 23.8 Å². The number of halogens is 1. The van der Waals surface area contributed by atoms with E-state index in [0.29, 0.717) is 42.7 Å². The lowest BCUT2D eigenvalue weighted by atomic mass is 9.68. The van der Waals surface area contributed by atoms with Crippen molar-refractivity contribution < 1.29 is 32.2 Å². The zero-order chi connectivity index (χ0) is 34.3. The molecule has 2 heterocycles. The Morgan fingerprint density at radius 3 is 2.75 bits per heavy atom. The van der Waals surface area contributed by atoms with Crippen molar-refractivity contribution in [1.82, 2.24) is 10.0 Å². The van der Waals surface area contributed by atoms with Crippen molar-refractivity contribution in [2.75, 3.05) is 37.7 Å². The first-order valence-corrected chi connectivity index (χ1v) is 18.8. The van der Waals surface area contributed by atoms with Crippen molar-refractivity contribution in [2.24, 2.45) is 17.8 Å². The average molecular weight is 700 g/mol. The van der Waals surface area contributed by atoms with E-state index in [1.165, 1.54) is 31.0 Å². The fourth-order valence-corrected chi connectivity index (χ4v) is 8.65. The van der Waals surface area contributed by atoms with Gasteiger partial charge in [-0.15, -0.1) is 0 Å². The fourth-order valence-electron chi connectivity index (χ4n) is 7.34. The van der Waals surface area contributed by atoms with Crippen LogP contribution >= 0.6 is 11.6 Å². The summed E-state index contributed by atoms with van der Waals surface area (Å²) in [7, 11) is -4.23. The Labute approximate surface area is 288 Å². The zero-order valence-corrected chi connectivity index (χ0v) is 29.7. The molecule has 2 amide bonds. The number of nitrogens with zero attached hydrogens (tertiary/aromatic N) is 1. The van der Waals surface area contributed by atoms with E-state index in [2.05, 4.69) is 21.0 Å². The highest BCUT2D eigenvalue weighted by Gasteiger charge is 2.45. The lowest BCUT2D eigenvalue weighted by molar-refractivity contribution is -0.139. The van der Waals surface area contributed by atoms with Gasteiger partial charge in [0, 0.05) is 36.0 Å². The number of alkyl carbamates (subject to hydrolysis) is 1. The van der Waals surface area contributed by atoms with Gasteiger partial charge in [-0.25, -0.2) is 17.9 Å². The topological polar surface area (TPSA) is 123 Å². The molecular weight excluding hydrogens is 654 g/mol. The third-order valence-corrected chi connectivity index (χ3v) is 11.8. The number of carbonyl (C=O) groups is 2. The number of nitrogens with one attached hydrogen (secondary N) is 2. The molecule has 0 saturated heterocycles. The van der Waals surface area contributed by atoms with Gasteiger partial charge in [0.25, 0.3) is 15.9 Å². The van der Waals surface area contributed by atoms with Crippen LogP contribution in [0.25, 0.3) is 0 Å². The van der Waals surface area contributed by atoms with Crippen molar-refractivity contribution in [1.29, 1.82) is 0 Å². The molecule has 4 aliphatic rings. The summed E-state index contributed by atoms with van der Waals surface area (Å²) < 4.78 is 47.8. The smallest absolute Gasteiger partial charge is 0.407 e. The molecule has 2 bridgehead atoms. The third-order valence-electron chi connectivity index (χ3n) is 10.2. The van der Waals surface area contributed by atoms with E-state index in [0.717, 1.165) is 32.1 Å². The van der Waals surface area contributed by atoms with Gasteiger partial charge in [-0.3, -0.25) is 4.79 Å². The quantitative estimate of drug-likeness (QED) is 0.388. The SMILES string of the molecule is CC(C)CNC(=O)O[C@H]1/C=C/COC(C)(C)C(=O)NS(=O)(=O)c2ccc3c(c2)N(C[C@@H]2CC[C@H]21)C[C@@]1(CCCc2cc(Cl)ccc21)CO3.